The van der Waals surface area contributed by atoms with E-state index in [9.17, 15) is 15.0 Å². The fourth-order valence-electron chi connectivity index (χ4n) is 5.23. The van der Waals surface area contributed by atoms with E-state index in [2.05, 4.69) is 36.8 Å². The molecule has 9 heteroatoms. The number of aromatic nitrogens is 3. The van der Waals surface area contributed by atoms with Crippen LogP contribution in [0.3, 0.4) is 0 Å². The van der Waals surface area contributed by atoms with E-state index in [1.54, 1.807) is 4.68 Å². The molecule has 9 nitrogen and oxygen atoms in total. The lowest BCUT2D eigenvalue weighted by Gasteiger charge is -2.32. The molecule has 1 aliphatic rings. The number of aryl methyl sites for hydroxylation is 2. The third-order valence-corrected chi connectivity index (χ3v) is 7.38. The molecule has 1 heterocycles. The third kappa shape index (κ3) is 8.41. The molecular formula is C31H45N3O6. The lowest BCUT2D eigenvalue weighted by Crippen LogP contribution is -2.20. The van der Waals surface area contributed by atoms with Crippen molar-refractivity contribution in [2.24, 2.45) is 5.92 Å². The summed E-state index contributed by atoms with van der Waals surface area (Å²) in [6.07, 6.45) is 9.20. The minimum absolute atomic E-state index is 0.0251. The van der Waals surface area contributed by atoms with E-state index in [4.69, 9.17) is 14.2 Å². The molecule has 0 amide bonds. The maximum absolute atomic E-state index is 12.3. The predicted molar refractivity (Wildman–Crippen MR) is 154 cm³/mol. The van der Waals surface area contributed by atoms with Crippen molar-refractivity contribution in [1.29, 1.82) is 0 Å². The van der Waals surface area contributed by atoms with Gasteiger partial charge < -0.3 is 24.4 Å². The first-order valence-electron chi connectivity index (χ1n) is 14.4. The maximum Gasteiger partial charge on any atom is 0.339 e. The number of ether oxygens (including phenoxy) is 3. The molecule has 0 bridgehead atoms. The van der Waals surface area contributed by atoms with Crippen molar-refractivity contribution >= 4 is 5.97 Å². The maximum atomic E-state index is 12.3. The number of carboxylic acids is 1. The zero-order valence-electron chi connectivity index (χ0n) is 24.4. The Morgan fingerprint density at radius 1 is 1.18 bits per heavy atom. The summed E-state index contributed by atoms with van der Waals surface area (Å²) in [5.74, 6) is -0.954. The average molecular weight is 556 g/mol. The van der Waals surface area contributed by atoms with Gasteiger partial charge in [0, 0.05) is 18.0 Å². The van der Waals surface area contributed by atoms with Crippen LogP contribution in [0, 0.1) is 5.92 Å². The Kier molecular flexibility index (Phi) is 12.2. The molecule has 0 fully saturated rings. The highest BCUT2D eigenvalue weighted by Gasteiger charge is 2.33. The fourth-order valence-corrected chi connectivity index (χ4v) is 5.23. The topological polar surface area (TPSA) is 116 Å². The summed E-state index contributed by atoms with van der Waals surface area (Å²) < 4.78 is 19.3. The van der Waals surface area contributed by atoms with Crippen LogP contribution in [0.5, 0.6) is 11.5 Å². The second-order valence-corrected chi connectivity index (χ2v) is 10.5. The number of aromatic hydroxyl groups is 1. The molecule has 3 rings (SSSR count). The normalized spacial score (nSPS) is 17.1. The number of carboxylic acid groups (broad SMARTS) is 1. The average Bonchev–Trinajstić information content (AvgIpc) is 3.38. The molecular weight excluding hydrogens is 510 g/mol. The molecule has 0 saturated heterocycles. The number of rotatable bonds is 17. The van der Waals surface area contributed by atoms with Crippen molar-refractivity contribution in [2.45, 2.75) is 85.3 Å². The van der Waals surface area contributed by atoms with E-state index < -0.39 is 5.97 Å². The summed E-state index contributed by atoms with van der Waals surface area (Å²) in [5.41, 5.74) is 4.07. The lowest BCUT2D eigenvalue weighted by molar-refractivity contribution is 0.0292. The molecule has 40 heavy (non-hydrogen) atoms. The summed E-state index contributed by atoms with van der Waals surface area (Å²) in [6, 6.07) is 1.81. The number of phenols is 1. The first-order chi connectivity index (χ1) is 19.3. The Bertz CT molecular complexity index is 1170. The standard InChI is InChI=1S/C31H45N3O6/c1-6-8-9-10-23-18-27(40-16-15-38-13-14-39-20-24-19-34(7-2)33-32-24)29(30(35)28(23)31(36)37)26-17-22(5)11-12-25(26)21(3)4/h17-19,25-26,35H,3,6-16,20H2,1-2,4-5H3,(H,36,37). The summed E-state index contributed by atoms with van der Waals surface area (Å²) in [6.45, 7) is 14.9. The smallest absolute Gasteiger partial charge is 0.339 e. The Labute approximate surface area is 237 Å². The highest BCUT2D eigenvalue weighted by Crippen LogP contribution is 2.48. The van der Waals surface area contributed by atoms with Crippen molar-refractivity contribution in [3.8, 4) is 11.5 Å². The van der Waals surface area contributed by atoms with Crippen LogP contribution < -0.4 is 4.74 Å². The van der Waals surface area contributed by atoms with Gasteiger partial charge in [-0.1, -0.05) is 48.8 Å². The number of carbonyl (C=O) groups is 1. The predicted octanol–water partition coefficient (Wildman–Crippen LogP) is 6.06. The van der Waals surface area contributed by atoms with Crippen LogP contribution in [0.25, 0.3) is 0 Å². The van der Waals surface area contributed by atoms with Gasteiger partial charge in [0.15, 0.2) is 0 Å². The zero-order valence-corrected chi connectivity index (χ0v) is 24.4. The van der Waals surface area contributed by atoms with Crippen molar-refractivity contribution in [1.82, 2.24) is 15.0 Å². The van der Waals surface area contributed by atoms with Gasteiger partial charge in [0.25, 0.3) is 0 Å². The number of nitrogens with zero attached hydrogens (tertiary/aromatic N) is 3. The van der Waals surface area contributed by atoms with Crippen molar-refractivity contribution < 1.29 is 29.2 Å². The van der Waals surface area contributed by atoms with Gasteiger partial charge in [0.1, 0.15) is 29.4 Å². The van der Waals surface area contributed by atoms with E-state index in [1.165, 1.54) is 5.57 Å². The molecule has 1 aromatic carbocycles. The van der Waals surface area contributed by atoms with E-state index in [1.807, 2.05) is 26.1 Å². The second-order valence-electron chi connectivity index (χ2n) is 10.5. The van der Waals surface area contributed by atoms with Gasteiger partial charge in [0.05, 0.1) is 32.6 Å². The second kappa shape index (κ2) is 15.6. The fraction of sp³-hybridized carbons (Fsp3) is 0.581. The quantitative estimate of drug-likeness (QED) is 0.179. The molecule has 0 aliphatic heterocycles. The molecule has 2 atom stereocenters. The van der Waals surface area contributed by atoms with E-state index in [0.29, 0.717) is 49.7 Å². The summed E-state index contributed by atoms with van der Waals surface area (Å²) in [5, 5.41) is 29.6. The monoisotopic (exact) mass is 555 g/mol. The number of hydrogen-bond acceptors (Lipinski definition) is 7. The Hall–Kier alpha value is -3.17. The Balaban J connectivity index is 1.73. The van der Waals surface area contributed by atoms with Gasteiger partial charge in [-0.3, -0.25) is 4.68 Å². The molecule has 1 aromatic heterocycles. The van der Waals surface area contributed by atoms with Crippen molar-refractivity contribution in [3.63, 3.8) is 0 Å². The molecule has 0 spiro atoms. The minimum Gasteiger partial charge on any atom is -0.507 e. The number of hydrogen-bond donors (Lipinski definition) is 2. The highest BCUT2D eigenvalue weighted by molar-refractivity contribution is 5.94. The van der Waals surface area contributed by atoms with E-state index in [0.717, 1.165) is 49.9 Å². The van der Waals surface area contributed by atoms with Gasteiger partial charge >= 0.3 is 5.97 Å². The molecule has 0 saturated carbocycles. The number of allylic oxidation sites excluding steroid dienone is 3. The Morgan fingerprint density at radius 3 is 2.60 bits per heavy atom. The number of benzene rings is 1. The Morgan fingerprint density at radius 2 is 1.93 bits per heavy atom. The van der Waals surface area contributed by atoms with Gasteiger partial charge in [-0.05, 0) is 64.0 Å². The molecule has 2 unspecified atom stereocenters. The number of aromatic carboxylic acids is 1. The van der Waals surface area contributed by atoms with Crippen LogP contribution in [0.2, 0.25) is 0 Å². The van der Waals surface area contributed by atoms with Crippen LogP contribution in [-0.4, -0.2) is 57.6 Å². The zero-order chi connectivity index (χ0) is 29.1. The first-order valence-corrected chi connectivity index (χ1v) is 14.4. The molecule has 1 aliphatic carbocycles. The molecule has 2 N–H and O–H groups in total. The molecule has 220 valence electrons. The van der Waals surface area contributed by atoms with Gasteiger partial charge in [0.2, 0.25) is 0 Å². The van der Waals surface area contributed by atoms with Gasteiger partial charge in [-0.25, -0.2) is 4.79 Å². The van der Waals surface area contributed by atoms with Gasteiger partial charge in [-0.2, -0.15) is 0 Å². The minimum atomic E-state index is -1.12. The molecule has 2 aromatic rings. The van der Waals surface area contributed by atoms with E-state index in [-0.39, 0.29) is 29.8 Å². The summed E-state index contributed by atoms with van der Waals surface area (Å²) >= 11 is 0. The largest absolute Gasteiger partial charge is 0.507 e. The van der Waals surface area contributed by atoms with Crippen molar-refractivity contribution in [3.05, 3.63) is 58.4 Å². The van der Waals surface area contributed by atoms with Crippen LogP contribution in [-0.2, 0) is 29.0 Å². The van der Waals surface area contributed by atoms with Crippen LogP contribution in [0.1, 0.15) is 92.9 Å². The van der Waals surface area contributed by atoms with Crippen LogP contribution >= 0.6 is 0 Å². The van der Waals surface area contributed by atoms with E-state index >= 15 is 0 Å². The summed E-state index contributed by atoms with van der Waals surface area (Å²) in [7, 11) is 0. The lowest BCUT2D eigenvalue weighted by atomic mass is 9.73. The van der Waals surface area contributed by atoms with Gasteiger partial charge in [-0.15, -0.1) is 5.10 Å². The van der Waals surface area contributed by atoms with Crippen molar-refractivity contribution in [2.75, 3.05) is 26.4 Å². The summed E-state index contributed by atoms with van der Waals surface area (Å²) in [4.78, 5) is 12.3. The van der Waals surface area contributed by atoms with Crippen LogP contribution in [0.15, 0.2) is 36.1 Å². The highest BCUT2D eigenvalue weighted by atomic mass is 16.5. The third-order valence-electron chi connectivity index (χ3n) is 7.38. The SMILES string of the molecule is C=C(C)C1CCC(C)=CC1c1c(OCCOCCOCc2cn(CC)nn2)cc(CCCCC)c(C(=O)O)c1O. The molecule has 0 radical (unpaired) electrons. The first kappa shape index (κ1) is 31.4. The van der Waals surface area contributed by atoms with Crippen LogP contribution in [0.4, 0.5) is 0 Å². The number of unbranched alkanes of at least 4 members (excludes halogenated alkanes) is 2.